The molecule has 0 amide bonds. The summed E-state index contributed by atoms with van der Waals surface area (Å²) in [5.41, 5.74) is 7.54. The van der Waals surface area contributed by atoms with Gasteiger partial charge in [0, 0.05) is 36.2 Å². The molecule has 0 aliphatic carbocycles. The Morgan fingerprint density at radius 3 is 2.59 bits per heavy atom. The van der Waals surface area contributed by atoms with Gasteiger partial charge >= 0.3 is 0 Å². The third-order valence-corrected chi connectivity index (χ3v) is 4.96. The molecule has 3 nitrogen and oxygen atoms in total. The smallest absolute Gasteiger partial charge is 0.0488 e. The summed E-state index contributed by atoms with van der Waals surface area (Å²) in [6, 6.07) is 4.93. The van der Waals surface area contributed by atoms with Gasteiger partial charge in [-0.2, -0.15) is 0 Å². The van der Waals surface area contributed by atoms with Crippen LogP contribution in [-0.2, 0) is 26.1 Å². The van der Waals surface area contributed by atoms with Crippen LogP contribution in [0.1, 0.15) is 42.1 Å². The summed E-state index contributed by atoms with van der Waals surface area (Å²) in [6.45, 7) is 8.99. The van der Waals surface area contributed by atoms with E-state index >= 15 is 0 Å². The highest BCUT2D eigenvalue weighted by molar-refractivity contribution is 5.87. The van der Waals surface area contributed by atoms with Crippen molar-refractivity contribution < 1.29 is 0 Å². The van der Waals surface area contributed by atoms with Gasteiger partial charge in [-0.1, -0.05) is 6.92 Å². The molecule has 1 aromatic carbocycles. The van der Waals surface area contributed by atoms with Gasteiger partial charge in [0.05, 0.1) is 0 Å². The lowest BCUT2D eigenvalue weighted by Gasteiger charge is -2.07. The van der Waals surface area contributed by atoms with Gasteiger partial charge in [-0.25, -0.2) is 0 Å². The van der Waals surface area contributed by atoms with Gasteiger partial charge in [0.15, 0.2) is 0 Å². The van der Waals surface area contributed by atoms with Crippen LogP contribution < -0.4 is 5.32 Å². The van der Waals surface area contributed by atoms with E-state index in [1.807, 2.05) is 7.05 Å². The molecular weight excluding hydrogens is 270 g/mol. The number of hydrogen-bond donors (Lipinski definition) is 1. The van der Waals surface area contributed by atoms with Crippen molar-refractivity contribution in [3.8, 4) is 0 Å². The molecular formula is C19H29N3. The van der Waals surface area contributed by atoms with Crippen LogP contribution in [0.3, 0.4) is 0 Å². The molecule has 3 heteroatoms. The summed E-state index contributed by atoms with van der Waals surface area (Å²) in [5.74, 6) is 0. The van der Waals surface area contributed by atoms with E-state index < -0.39 is 0 Å². The molecule has 0 spiro atoms. The molecule has 0 saturated heterocycles. The molecule has 0 saturated carbocycles. The Labute approximate surface area is 134 Å². The molecule has 0 bridgehead atoms. The Morgan fingerprint density at radius 2 is 1.91 bits per heavy atom. The Balaban J connectivity index is 2.08. The number of hydrogen-bond acceptors (Lipinski definition) is 2. The number of fused-ring (bicyclic) bond motifs is 2. The summed E-state index contributed by atoms with van der Waals surface area (Å²) in [6.07, 6.45) is 3.58. The minimum absolute atomic E-state index is 1.09. The van der Waals surface area contributed by atoms with Crippen LogP contribution in [0.25, 0.3) is 10.9 Å². The molecule has 120 valence electrons. The van der Waals surface area contributed by atoms with Crippen molar-refractivity contribution in [1.29, 1.82) is 0 Å². The van der Waals surface area contributed by atoms with Crippen LogP contribution in [0, 0.1) is 6.92 Å². The van der Waals surface area contributed by atoms with E-state index in [0.717, 1.165) is 26.2 Å². The molecule has 1 aromatic heterocycles. The molecule has 1 N–H and O–H groups in total. The van der Waals surface area contributed by atoms with Crippen molar-refractivity contribution in [2.75, 3.05) is 20.6 Å². The second kappa shape index (κ2) is 6.43. The summed E-state index contributed by atoms with van der Waals surface area (Å²) in [7, 11) is 4.25. The van der Waals surface area contributed by atoms with Gasteiger partial charge < -0.3 is 9.88 Å². The first-order valence-electron chi connectivity index (χ1n) is 8.62. The van der Waals surface area contributed by atoms with Crippen molar-refractivity contribution >= 4 is 10.9 Å². The molecule has 0 fully saturated rings. The van der Waals surface area contributed by atoms with E-state index in [-0.39, 0.29) is 0 Å². The van der Waals surface area contributed by atoms with Crippen LogP contribution in [0.4, 0.5) is 0 Å². The van der Waals surface area contributed by atoms with E-state index in [4.69, 9.17) is 0 Å². The minimum atomic E-state index is 1.09. The first kappa shape index (κ1) is 15.6. The Morgan fingerprint density at radius 1 is 1.18 bits per heavy atom. The van der Waals surface area contributed by atoms with Crippen LogP contribution >= 0.6 is 0 Å². The molecule has 0 unspecified atom stereocenters. The zero-order valence-corrected chi connectivity index (χ0v) is 14.5. The monoisotopic (exact) mass is 299 g/mol. The molecule has 0 atom stereocenters. The molecule has 1 aliphatic rings. The fourth-order valence-electron chi connectivity index (χ4n) is 3.88. The predicted molar refractivity (Wildman–Crippen MR) is 94.4 cm³/mol. The highest BCUT2D eigenvalue weighted by Crippen LogP contribution is 2.33. The van der Waals surface area contributed by atoms with Crippen LogP contribution in [0.2, 0.25) is 0 Å². The molecule has 22 heavy (non-hydrogen) atoms. The third kappa shape index (κ3) is 2.68. The first-order chi connectivity index (χ1) is 10.7. The number of nitrogens with zero attached hydrogens (tertiary/aromatic N) is 2. The zero-order chi connectivity index (χ0) is 15.7. The number of nitrogens with one attached hydrogen (secondary N) is 1. The number of aryl methyl sites for hydroxylation is 2. The highest BCUT2D eigenvalue weighted by atomic mass is 15.1. The van der Waals surface area contributed by atoms with Crippen molar-refractivity contribution in [2.45, 2.75) is 52.7 Å². The summed E-state index contributed by atoms with van der Waals surface area (Å²) in [5, 5.41) is 4.77. The van der Waals surface area contributed by atoms with Gasteiger partial charge in [0.1, 0.15) is 0 Å². The quantitative estimate of drug-likeness (QED) is 0.824. The second-order valence-electron chi connectivity index (χ2n) is 6.73. The average Bonchev–Trinajstić information content (AvgIpc) is 2.97. The van der Waals surface area contributed by atoms with E-state index in [1.54, 1.807) is 5.56 Å². The summed E-state index contributed by atoms with van der Waals surface area (Å²) in [4.78, 5) is 2.40. The lowest BCUT2D eigenvalue weighted by atomic mass is 10.0. The minimum Gasteiger partial charge on any atom is -0.345 e. The molecule has 3 rings (SSSR count). The standard InChI is InChI=1S/C19H29N3/c1-5-9-22-14(2)17(7-6-8-20-3)18-10-15-12-21(4)13-16(15)11-19(18)22/h10-11,20H,5-9,12-13H2,1-4H3. The first-order valence-corrected chi connectivity index (χ1v) is 8.62. The third-order valence-electron chi connectivity index (χ3n) is 4.96. The van der Waals surface area contributed by atoms with Crippen molar-refractivity contribution in [3.05, 3.63) is 34.5 Å². The lowest BCUT2D eigenvalue weighted by molar-refractivity contribution is 0.353. The fourth-order valence-corrected chi connectivity index (χ4v) is 3.88. The maximum Gasteiger partial charge on any atom is 0.0488 e. The molecule has 1 aliphatic heterocycles. The van der Waals surface area contributed by atoms with Crippen molar-refractivity contribution in [3.63, 3.8) is 0 Å². The van der Waals surface area contributed by atoms with Crippen LogP contribution in [-0.4, -0.2) is 30.1 Å². The topological polar surface area (TPSA) is 20.2 Å². The van der Waals surface area contributed by atoms with Crippen molar-refractivity contribution in [1.82, 2.24) is 14.8 Å². The van der Waals surface area contributed by atoms with Crippen molar-refractivity contribution in [2.24, 2.45) is 0 Å². The van der Waals surface area contributed by atoms with Gasteiger partial charge in [0.25, 0.3) is 0 Å². The van der Waals surface area contributed by atoms with Gasteiger partial charge in [-0.3, -0.25) is 4.90 Å². The normalized spacial score (nSPS) is 14.9. The van der Waals surface area contributed by atoms with Crippen LogP contribution in [0.5, 0.6) is 0 Å². The van der Waals surface area contributed by atoms with Crippen LogP contribution in [0.15, 0.2) is 12.1 Å². The maximum atomic E-state index is 3.27. The zero-order valence-electron chi connectivity index (χ0n) is 14.5. The van der Waals surface area contributed by atoms with E-state index in [9.17, 15) is 0 Å². The molecule has 2 heterocycles. The summed E-state index contributed by atoms with van der Waals surface area (Å²) >= 11 is 0. The largest absolute Gasteiger partial charge is 0.345 e. The molecule has 2 aromatic rings. The average molecular weight is 299 g/mol. The highest BCUT2D eigenvalue weighted by Gasteiger charge is 2.20. The maximum absolute atomic E-state index is 3.27. The Kier molecular flexibility index (Phi) is 4.55. The van der Waals surface area contributed by atoms with Gasteiger partial charge in [-0.15, -0.1) is 0 Å². The van der Waals surface area contributed by atoms with E-state index in [2.05, 4.69) is 47.8 Å². The SMILES string of the molecule is CCCn1c(C)c(CCCNC)c2cc3c(cc21)CN(C)C3. The Bertz CT molecular complexity index is 669. The number of aromatic nitrogens is 1. The molecule has 0 radical (unpaired) electrons. The van der Waals surface area contributed by atoms with Gasteiger partial charge in [-0.05, 0) is 75.6 Å². The van der Waals surface area contributed by atoms with E-state index in [1.165, 1.54) is 47.0 Å². The lowest BCUT2D eigenvalue weighted by Crippen LogP contribution is -2.09. The Hall–Kier alpha value is -1.32. The predicted octanol–water partition coefficient (Wildman–Crippen LogP) is 3.46. The fraction of sp³-hybridized carbons (Fsp3) is 0.579. The van der Waals surface area contributed by atoms with E-state index in [0.29, 0.717) is 0 Å². The number of benzene rings is 1. The second-order valence-corrected chi connectivity index (χ2v) is 6.73. The summed E-state index contributed by atoms with van der Waals surface area (Å²) < 4.78 is 2.54. The van der Waals surface area contributed by atoms with Gasteiger partial charge in [0.2, 0.25) is 0 Å². The number of rotatable bonds is 6.